The lowest BCUT2D eigenvalue weighted by atomic mass is 10.1. The first-order chi connectivity index (χ1) is 14.8. The Hall–Kier alpha value is -1.71. The Morgan fingerprint density at radius 1 is 1.26 bits per heavy atom. The molecule has 0 saturated carbocycles. The zero-order valence-electron chi connectivity index (χ0n) is 17.1. The maximum Gasteiger partial charge on any atom is 0.284 e. The van der Waals surface area contributed by atoms with Crippen LogP contribution in [0.5, 0.6) is 0 Å². The van der Waals surface area contributed by atoms with Crippen molar-refractivity contribution in [1.82, 2.24) is 13.9 Å². The van der Waals surface area contributed by atoms with Gasteiger partial charge in [-0.15, -0.1) is 11.3 Å². The van der Waals surface area contributed by atoms with E-state index in [2.05, 4.69) is 4.98 Å². The molecule has 10 heteroatoms. The van der Waals surface area contributed by atoms with Crippen molar-refractivity contribution in [2.45, 2.75) is 39.7 Å². The summed E-state index contributed by atoms with van der Waals surface area (Å²) in [5.41, 5.74) is 1.93. The molecule has 0 fully saturated rings. The number of halogens is 2. The number of amides is 1. The van der Waals surface area contributed by atoms with Gasteiger partial charge in [0.05, 0.1) is 22.1 Å². The molecular formula is C21H22Cl2N3O3S2-. The van der Waals surface area contributed by atoms with Gasteiger partial charge in [0.25, 0.3) is 5.91 Å². The van der Waals surface area contributed by atoms with Crippen molar-refractivity contribution in [2.75, 3.05) is 6.54 Å². The monoisotopic (exact) mass is 498 g/mol. The van der Waals surface area contributed by atoms with E-state index in [0.717, 1.165) is 33.2 Å². The minimum atomic E-state index is -2.64. The molecule has 2 heterocycles. The minimum Gasteiger partial charge on any atom is -0.755 e. The van der Waals surface area contributed by atoms with Crippen LogP contribution in [-0.4, -0.2) is 35.1 Å². The molecule has 166 valence electrons. The Morgan fingerprint density at radius 2 is 2.03 bits per heavy atom. The van der Waals surface area contributed by atoms with E-state index in [1.165, 1.54) is 11.3 Å². The molecule has 0 aliphatic heterocycles. The Morgan fingerprint density at radius 3 is 2.65 bits per heavy atom. The number of nitrogens with zero attached hydrogens (tertiary/aromatic N) is 3. The number of carbonyl (C=O) groups excluding carboxylic acids is 1. The van der Waals surface area contributed by atoms with Gasteiger partial charge in [0.2, 0.25) is 0 Å². The molecule has 6 nitrogen and oxygen atoms in total. The second-order valence-corrected chi connectivity index (χ2v) is 10.0. The zero-order chi connectivity index (χ0) is 22.5. The molecule has 1 amide bonds. The molecule has 31 heavy (non-hydrogen) atoms. The molecule has 0 N–H and O–H groups in total. The van der Waals surface area contributed by atoms with Gasteiger partial charge in [0.15, 0.2) is 0 Å². The lowest BCUT2D eigenvalue weighted by molar-refractivity contribution is 0.0852. The predicted molar refractivity (Wildman–Crippen MR) is 125 cm³/mol. The van der Waals surface area contributed by atoms with Crippen molar-refractivity contribution in [3.05, 3.63) is 63.0 Å². The summed E-state index contributed by atoms with van der Waals surface area (Å²) in [5.74, 6) is -0.0268. The van der Waals surface area contributed by atoms with Crippen LogP contribution in [0.3, 0.4) is 0 Å². The van der Waals surface area contributed by atoms with Gasteiger partial charge in [-0.25, -0.2) is 4.98 Å². The summed E-state index contributed by atoms with van der Waals surface area (Å²) in [5, 5.41) is 0.588. The molecule has 1 atom stereocenters. The number of rotatable bonds is 9. The van der Waals surface area contributed by atoms with Gasteiger partial charge in [-0.3, -0.25) is 13.3 Å². The fourth-order valence-electron chi connectivity index (χ4n) is 3.13. The second-order valence-electron chi connectivity index (χ2n) is 7.04. The van der Waals surface area contributed by atoms with E-state index in [-0.39, 0.29) is 12.2 Å². The molecule has 0 spiro atoms. The van der Waals surface area contributed by atoms with E-state index in [1.54, 1.807) is 17.7 Å². The molecule has 1 unspecified atom stereocenters. The van der Waals surface area contributed by atoms with Gasteiger partial charge >= 0.3 is 0 Å². The third kappa shape index (κ3) is 5.96. The molecule has 3 aromatic rings. The lowest BCUT2D eigenvalue weighted by Crippen LogP contribution is -2.33. The van der Waals surface area contributed by atoms with Crippen LogP contribution in [0.25, 0.3) is 10.4 Å². The van der Waals surface area contributed by atoms with Crippen LogP contribution in [0.15, 0.2) is 36.5 Å². The van der Waals surface area contributed by atoms with Crippen LogP contribution < -0.4 is 0 Å². The van der Waals surface area contributed by atoms with Gasteiger partial charge in [-0.05, 0) is 42.7 Å². The predicted octanol–water partition coefficient (Wildman–Crippen LogP) is 5.70. The highest BCUT2D eigenvalue weighted by Crippen LogP contribution is 2.33. The smallest absolute Gasteiger partial charge is 0.284 e. The van der Waals surface area contributed by atoms with Gasteiger partial charge < -0.3 is 9.12 Å². The number of thiophene rings is 1. The van der Waals surface area contributed by atoms with Gasteiger partial charge in [0, 0.05) is 22.6 Å². The number of aryl methyl sites for hydroxylation is 1. The van der Waals surface area contributed by atoms with Crippen LogP contribution in [0.4, 0.5) is 0 Å². The summed E-state index contributed by atoms with van der Waals surface area (Å²) in [6, 6.07) is 9.57. The van der Waals surface area contributed by atoms with Crippen LogP contribution in [-0.2, 0) is 17.8 Å². The highest BCUT2D eigenvalue weighted by Gasteiger charge is 2.20. The summed E-state index contributed by atoms with van der Waals surface area (Å²) in [6.45, 7) is 4.34. The average Bonchev–Trinajstić information content (AvgIpc) is 3.32. The van der Waals surface area contributed by atoms with Crippen molar-refractivity contribution in [3.63, 3.8) is 0 Å². The number of benzene rings is 1. The Balaban J connectivity index is 1.77. The molecule has 1 aromatic carbocycles. The summed E-state index contributed by atoms with van der Waals surface area (Å²) in [7, 11) is 0. The standard InChI is InChI=1S/C21H23Cl2N3O3S2/c1-3-4-5-10-26(31(28)29)21(27)18-13-25(14(2)24-18)12-16-7-6-15(11-17(16)22)19-8-9-20(23)30-19/h6-9,11,13H,3-5,10,12H2,1-2H3,(H,28,29)/p-1. The largest absolute Gasteiger partial charge is 0.755 e. The molecule has 2 aromatic heterocycles. The first kappa shape index (κ1) is 23.9. The first-order valence-corrected chi connectivity index (χ1v) is 12.4. The maximum atomic E-state index is 12.7. The Kier molecular flexibility index (Phi) is 8.30. The van der Waals surface area contributed by atoms with Crippen LogP contribution in [0.1, 0.15) is 48.1 Å². The SMILES string of the molecule is CCCCCN(C(=O)c1cn(Cc2ccc(-c3ccc(Cl)s3)cc2Cl)c(C)n1)S(=O)[O-]. The Labute approximate surface area is 198 Å². The molecular weight excluding hydrogens is 477 g/mol. The third-order valence-electron chi connectivity index (χ3n) is 4.82. The molecule has 0 radical (unpaired) electrons. The van der Waals surface area contributed by atoms with Crippen LogP contribution in [0, 0.1) is 6.92 Å². The van der Waals surface area contributed by atoms with Crippen molar-refractivity contribution in [1.29, 1.82) is 0 Å². The fraction of sp³-hybridized carbons (Fsp3) is 0.333. The summed E-state index contributed by atoms with van der Waals surface area (Å²) < 4.78 is 26.4. The van der Waals surface area contributed by atoms with Crippen molar-refractivity contribution in [2.24, 2.45) is 0 Å². The van der Waals surface area contributed by atoms with E-state index in [0.29, 0.717) is 28.1 Å². The van der Waals surface area contributed by atoms with E-state index in [4.69, 9.17) is 23.2 Å². The lowest BCUT2D eigenvalue weighted by Gasteiger charge is -2.23. The van der Waals surface area contributed by atoms with Gasteiger partial charge in [0.1, 0.15) is 11.5 Å². The van der Waals surface area contributed by atoms with Crippen molar-refractivity contribution >= 4 is 51.7 Å². The van der Waals surface area contributed by atoms with Crippen molar-refractivity contribution in [3.8, 4) is 10.4 Å². The summed E-state index contributed by atoms with van der Waals surface area (Å²) >= 11 is 11.4. The van der Waals surface area contributed by atoms with E-state index in [9.17, 15) is 13.6 Å². The number of imidazole rings is 1. The van der Waals surface area contributed by atoms with E-state index >= 15 is 0 Å². The molecule has 0 aliphatic carbocycles. The van der Waals surface area contributed by atoms with E-state index < -0.39 is 17.2 Å². The second kappa shape index (κ2) is 10.7. The first-order valence-electron chi connectivity index (χ1n) is 9.79. The normalized spacial score (nSPS) is 12.2. The molecule has 0 saturated heterocycles. The van der Waals surface area contributed by atoms with E-state index in [1.807, 2.05) is 37.3 Å². The van der Waals surface area contributed by atoms with Crippen LogP contribution in [0.2, 0.25) is 9.36 Å². The third-order valence-corrected chi connectivity index (χ3v) is 7.16. The summed E-state index contributed by atoms with van der Waals surface area (Å²) in [4.78, 5) is 18.0. The zero-order valence-corrected chi connectivity index (χ0v) is 20.3. The average molecular weight is 499 g/mol. The van der Waals surface area contributed by atoms with Gasteiger partial charge in [-0.1, -0.05) is 55.1 Å². The number of carbonyl (C=O) groups is 1. The topological polar surface area (TPSA) is 78.3 Å². The highest BCUT2D eigenvalue weighted by molar-refractivity contribution is 7.77. The van der Waals surface area contributed by atoms with Crippen LogP contribution >= 0.6 is 34.5 Å². The molecule has 0 aliphatic rings. The number of unbranched alkanes of at least 4 members (excludes halogenated alkanes) is 2. The quantitative estimate of drug-likeness (QED) is 0.279. The number of hydrogen-bond acceptors (Lipinski definition) is 5. The maximum absolute atomic E-state index is 12.7. The minimum absolute atomic E-state index is 0.0965. The fourth-order valence-corrected chi connectivity index (χ4v) is 4.92. The molecule has 3 rings (SSSR count). The highest BCUT2D eigenvalue weighted by atomic mass is 35.5. The number of aromatic nitrogens is 2. The summed E-state index contributed by atoms with van der Waals surface area (Å²) in [6.07, 6.45) is 3.97. The van der Waals surface area contributed by atoms with Crippen molar-refractivity contribution < 1.29 is 13.6 Å². The molecule has 0 bridgehead atoms. The Bertz CT molecular complexity index is 1100. The van der Waals surface area contributed by atoms with Gasteiger partial charge in [-0.2, -0.15) is 0 Å². The number of hydrogen-bond donors (Lipinski definition) is 0.